The molecule has 28 heavy (non-hydrogen) atoms. The summed E-state index contributed by atoms with van der Waals surface area (Å²) in [4.78, 5) is 7.58. The summed E-state index contributed by atoms with van der Waals surface area (Å²) >= 11 is 3.80. The van der Waals surface area contributed by atoms with Crippen molar-refractivity contribution in [1.82, 2.24) is 14.6 Å². The molecule has 4 nitrogen and oxygen atoms in total. The second-order valence-corrected chi connectivity index (χ2v) is 9.07. The first kappa shape index (κ1) is 19.4. The summed E-state index contributed by atoms with van der Waals surface area (Å²) in [6.07, 6.45) is 3.44. The van der Waals surface area contributed by atoms with Crippen LogP contribution in [0.4, 0.5) is 5.82 Å². The predicted octanol–water partition coefficient (Wildman–Crippen LogP) is 5.94. The lowest BCUT2D eigenvalue weighted by atomic mass is 9.99. The van der Waals surface area contributed by atoms with Crippen molar-refractivity contribution in [2.75, 3.05) is 11.4 Å². The minimum Gasteiger partial charge on any atom is -0.353 e. The molecule has 4 rings (SSSR count). The number of fused-ring (bicyclic) bond motifs is 3. The van der Waals surface area contributed by atoms with Crippen molar-refractivity contribution in [2.45, 2.75) is 66.8 Å². The van der Waals surface area contributed by atoms with E-state index in [-0.39, 0.29) is 0 Å². The molecule has 1 aromatic carbocycles. The van der Waals surface area contributed by atoms with Gasteiger partial charge >= 0.3 is 0 Å². The van der Waals surface area contributed by atoms with Gasteiger partial charge in [-0.25, -0.2) is 4.98 Å². The van der Waals surface area contributed by atoms with Crippen LogP contribution >= 0.6 is 15.9 Å². The van der Waals surface area contributed by atoms with Gasteiger partial charge in [0.1, 0.15) is 5.82 Å². The first-order chi connectivity index (χ1) is 13.3. The quantitative estimate of drug-likeness (QED) is 0.502. The molecule has 3 aromatic rings. The molecule has 0 bridgehead atoms. The van der Waals surface area contributed by atoms with E-state index in [9.17, 15) is 0 Å². The van der Waals surface area contributed by atoms with Crippen LogP contribution in [0.2, 0.25) is 0 Å². The van der Waals surface area contributed by atoms with Gasteiger partial charge in [0.15, 0.2) is 5.65 Å². The Hall–Kier alpha value is -1.88. The van der Waals surface area contributed by atoms with E-state index in [2.05, 4.69) is 79.0 Å². The lowest BCUT2D eigenvalue weighted by molar-refractivity contribution is 0.586. The number of hydrogen-bond acceptors (Lipinski definition) is 3. The summed E-state index contributed by atoms with van der Waals surface area (Å²) in [6.45, 7) is 14.2. The standard InChI is InChI=1S/C23H29BrN4/c1-7-8-15(4)27-10-9-18-16(5)25-22-21(17(6)26-28(22)23(18)27)20-14(3)11-13(2)12-19(20)24/h11-12,15H,7-10H2,1-6H3. The molecule has 2 aromatic heterocycles. The molecule has 1 atom stereocenters. The van der Waals surface area contributed by atoms with Gasteiger partial charge in [0.05, 0.1) is 11.3 Å². The molecule has 1 unspecified atom stereocenters. The zero-order valence-corrected chi connectivity index (χ0v) is 19.3. The number of halogens is 1. The lowest BCUT2D eigenvalue weighted by Gasteiger charge is -2.27. The van der Waals surface area contributed by atoms with Gasteiger partial charge in [-0.1, -0.05) is 35.3 Å². The van der Waals surface area contributed by atoms with Crippen LogP contribution in [0.1, 0.15) is 54.8 Å². The Kier molecular flexibility index (Phi) is 4.98. The molecule has 0 radical (unpaired) electrons. The van der Waals surface area contributed by atoms with Crippen molar-refractivity contribution in [3.05, 3.63) is 44.7 Å². The molecule has 0 N–H and O–H groups in total. The van der Waals surface area contributed by atoms with Crippen LogP contribution in [0.25, 0.3) is 16.8 Å². The minimum absolute atomic E-state index is 0.511. The number of benzene rings is 1. The molecule has 0 aliphatic carbocycles. The smallest absolute Gasteiger partial charge is 0.165 e. The van der Waals surface area contributed by atoms with E-state index in [4.69, 9.17) is 10.1 Å². The zero-order valence-electron chi connectivity index (χ0n) is 17.7. The maximum absolute atomic E-state index is 5.04. The van der Waals surface area contributed by atoms with Crippen molar-refractivity contribution in [1.29, 1.82) is 0 Å². The fourth-order valence-electron chi connectivity index (χ4n) is 4.74. The van der Waals surface area contributed by atoms with Crippen LogP contribution in [0.5, 0.6) is 0 Å². The van der Waals surface area contributed by atoms with Crippen molar-refractivity contribution >= 4 is 27.4 Å². The number of anilines is 1. The highest BCUT2D eigenvalue weighted by Gasteiger charge is 2.30. The Morgan fingerprint density at radius 2 is 1.86 bits per heavy atom. The Morgan fingerprint density at radius 3 is 2.54 bits per heavy atom. The Labute approximate surface area is 176 Å². The summed E-state index contributed by atoms with van der Waals surface area (Å²) in [5.41, 5.74) is 9.34. The van der Waals surface area contributed by atoms with Crippen LogP contribution < -0.4 is 4.90 Å². The predicted molar refractivity (Wildman–Crippen MR) is 120 cm³/mol. The van der Waals surface area contributed by atoms with Crippen molar-refractivity contribution in [3.8, 4) is 11.1 Å². The fourth-order valence-corrected chi connectivity index (χ4v) is 5.61. The van der Waals surface area contributed by atoms with E-state index in [1.54, 1.807) is 0 Å². The van der Waals surface area contributed by atoms with Gasteiger partial charge in [-0.2, -0.15) is 9.61 Å². The third-order valence-corrected chi connectivity index (χ3v) is 6.64. The highest BCUT2D eigenvalue weighted by atomic mass is 79.9. The van der Waals surface area contributed by atoms with Gasteiger partial charge in [0, 0.05) is 33.9 Å². The van der Waals surface area contributed by atoms with Crippen molar-refractivity contribution < 1.29 is 0 Å². The normalized spacial score (nSPS) is 14.8. The molecule has 0 fully saturated rings. The first-order valence-electron chi connectivity index (χ1n) is 10.3. The Balaban J connectivity index is 2.00. The van der Waals surface area contributed by atoms with E-state index in [1.807, 2.05) is 0 Å². The van der Waals surface area contributed by atoms with Crippen LogP contribution in [0.3, 0.4) is 0 Å². The molecular weight excluding hydrogens is 412 g/mol. The number of rotatable bonds is 4. The van der Waals surface area contributed by atoms with E-state index in [1.165, 1.54) is 40.9 Å². The second-order valence-electron chi connectivity index (χ2n) is 8.21. The third-order valence-electron chi connectivity index (χ3n) is 6.01. The summed E-state index contributed by atoms with van der Waals surface area (Å²) in [5, 5.41) is 4.99. The summed E-state index contributed by atoms with van der Waals surface area (Å²) in [5.74, 6) is 1.25. The van der Waals surface area contributed by atoms with Crippen LogP contribution in [-0.2, 0) is 6.42 Å². The number of hydrogen-bond donors (Lipinski definition) is 0. The lowest BCUT2D eigenvalue weighted by Crippen LogP contribution is -2.32. The fraction of sp³-hybridized carbons (Fsp3) is 0.478. The molecule has 5 heteroatoms. The third kappa shape index (κ3) is 2.95. The molecule has 0 amide bonds. The zero-order chi connectivity index (χ0) is 20.2. The number of aryl methyl sites for hydroxylation is 4. The largest absolute Gasteiger partial charge is 0.353 e. The molecular formula is C23H29BrN4. The van der Waals surface area contributed by atoms with Gasteiger partial charge in [-0.3, -0.25) is 0 Å². The maximum atomic E-state index is 5.04. The Morgan fingerprint density at radius 1 is 1.11 bits per heavy atom. The van der Waals surface area contributed by atoms with Gasteiger partial charge in [0.2, 0.25) is 0 Å². The minimum atomic E-state index is 0.511. The average Bonchev–Trinajstić information content (AvgIpc) is 3.18. The molecule has 0 spiro atoms. The topological polar surface area (TPSA) is 33.4 Å². The highest BCUT2D eigenvalue weighted by molar-refractivity contribution is 9.10. The molecule has 3 heterocycles. The van der Waals surface area contributed by atoms with Gasteiger partial charge in [-0.05, 0) is 64.7 Å². The van der Waals surface area contributed by atoms with Crippen LogP contribution in [0, 0.1) is 27.7 Å². The second kappa shape index (κ2) is 7.18. The van der Waals surface area contributed by atoms with Crippen LogP contribution in [0.15, 0.2) is 16.6 Å². The summed E-state index contributed by atoms with van der Waals surface area (Å²) in [7, 11) is 0. The van der Waals surface area contributed by atoms with E-state index in [0.29, 0.717) is 6.04 Å². The van der Waals surface area contributed by atoms with Gasteiger partial charge in [-0.15, -0.1) is 0 Å². The van der Waals surface area contributed by atoms with Crippen LogP contribution in [-0.4, -0.2) is 27.2 Å². The van der Waals surface area contributed by atoms with E-state index in [0.717, 1.165) is 40.0 Å². The number of aromatic nitrogens is 3. The van der Waals surface area contributed by atoms with Crippen molar-refractivity contribution in [3.63, 3.8) is 0 Å². The Bertz CT molecular complexity index is 1040. The summed E-state index contributed by atoms with van der Waals surface area (Å²) < 4.78 is 3.22. The molecule has 1 aliphatic heterocycles. The molecule has 0 saturated carbocycles. The van der Waals surface area contributed by atoms with Gasteiger partial charge < -0.3 is 4.90 Å². The monoisotopic (exact) mass is 440 g/mol. The average molecular weight is 441 g/mol. The molecule has 1 aliphatic rings. The number of nitrogens with zero attached hydrogens (tertiary/aromatic N) is 4. The van der Waals surface area contributed by atoms with E-state index >= 15 is 0 Å². The molecule has 148 valence electrons. The SMILES string of the molecule is CCCC(C)N1CCc2c(C)nc3c(-c4c(C)cc(C)cc4Br)c(C)nn3c21. The van der Waals surface area contributed by atoms with Crippen molar-refractivity contribution in [2.24, 2.45) is 0 Å². The summed E-state index contributed by atoms with van der Waals surface area (Å²) in [6, 6.07) is 4.93. The first-order valence-corrected chi connectivity index (χ1v) is 11.0. The van der Waals surface area contributed by atoms with Gasteiger partial charge in [0.25, 0.3) is 0 Å². The van der Waals surface area contributed by atoms with E-state index < -0.39 is 0 Å². The maximum Gasteiger partial charge on any atom is 0.165 e. The highest BCUT2D eigenvalue weighted by Crippen LogP contribution is 2.40. The molecule has 0 saturated heterocycles.